The lowest BCUT2D eigenvalue weighted by Gasteiger charge is -2.09. The molecule has 2 heterocycles. The standard InChI is InChI=1S/C9H11NO3/c11-8-2-4-12-6-9(8)13-7-1-3-10-5-7/h2,4,6-7,10H,1,3,5H2. The Morgan fingerprint density at radius 2 is 2.54 bits per heavy atom. The molecule has 1 saturated heterocycles. The second kappa shape index (κ2) is 3.62. The largest absolute Gasteiger partial charge is 0.482 e. The highest BCUT2D eigenvalue weighted by Crippen LogP contribution is 2.09. The van der Waals surface area contributed by atoms with Gasteiger partial charge in [0, 0.05) is 12.6 Å². The molecule has 0 aromatic carbocycles. The van der Waals surface area contributed by atoms with E-state index in [0.29, 0.717) is 5.75 Å². The van der Waals surface area contributed by atoms with Crippen LogP contribution in [0.25, 0.3) is 0 Å². The van der Waals surface area contributed by atoms with Crippen LogP contribution < -0.4 is 15.5 Å². The van der Waals surface area contributed by atoms with Gasteiger partial charge in [0.2, 0.25) is 11.2 Å². The molecule has 0 radical (unpaired) electrons. The Morgan fingerprint density at radius 3 is 3.23 bits per heavy atom. The van der Waals surface area contributed by atoms with Gasteiger partial charge in [-0.1, -0.05) is 0 Å². The Hall–Kier alpha value is -1.29. The maximum Gasteiger partial charge on any atom is 0.226 e. The van der Waals surface area contributed by atoms with Crippen molar-refractivity contribution in [3.8, 4) is 5.75 Å². The Kier molecular flexibility index (Phi) is 2.31. The van der Waals surface area contributed by atoms with Crippen LogP contribution in [0.1, 0.15) is 6.42 Å². The summed E-state index contributed by atoms with van der Waals surface area (Å²) in [6, 6.07) is 1.36. The number of ether oxygens (including phenoxy) is 1. The molecule has 0 aliphatic carbocycles. The van der Waals surface area contributed by atoms with E-state index in [0.717, 1.165) is 19.5 Å². The first-order chi connectivity index (χ1) is 6.36. The van der Waals surface area contributed by atoms with Gasteiger partial charge in [-0.2, -0.15) is 0 Å². The van der Waals surface area contributed by atoms with Crippen LogP contribution in [-0.4, -0.2) is 19.2 Å². The van der Waals surface area contributed by atoms with Gasteiger partial charge in [-0.3, -0.25) is 4.79 Å². The summed E-state index contributed by atoms with van der Waals surface area (Å²) in [6.45, 7) is 1.75. The minimum Gasteiger partial charge on any atom is -0.482 e. The van der Waals surface area contributed by atoms with Crippen molar-refractivity contribution >= 4 is 0 Å². The molecule has 1 aliphatic rings. The molecule has 1 unspecified atom stereocenters. The fourth-order valence-electron chi connectivity index (χ4n) is 1.34. The maximum atomic E-state index is 11.2. The van der Waals surface area contributed by atoms with E-state index in [-0.39, 0.29) is 11.5 Å². The molecule has 1 fully saturated rings. The average molecular weight is 181 g/mol. The fraction of sp³-hybridized carbons (Fsp3) is 0.444. The maximum absolute atomic E-state index is 11.2. The Morgan fingerprint density at radius 1 is 1.62 bits per heavy atom. The summed E-state index contributed by atoms with van der Waals surface area (Å²) < 4.78 is 10.3. The highest BCUT2D eigenvalue weighted by atomic mass is 16.5. The third kappa shape index (κ3) is 1.89. The van der Waals surface area contributed by atoms with Crippen LogP contribution in [0.4, 0.5) is 0 Å². The Bertz CT molecular complexity index is 328. The van der Waals surface area contributed by atoms with E-state index in [2.05, 4.69) is 5.32 Å². The van der Waals surface area contributed by atoms with Crippen molar-refractivity contribution in [2.24, 2.45) is 0 Å². The van der Waals surface area contributed by atoms with E-state index < -0.39 is 0 Å². The molecule has 1 aliphatic heterocycles. The van der Waals surface area contributed by atoms with Gasteiger partial charge in [-0.25, -0.2) is 0 Å². The first-order valence-corrected chi connectivity index (χ1v) is 4.30. The monoisotopic (exact) mass is 181 g/mol. The van der Waals surface area contributed by atoms with Crippen molar-refractivity contribution < 1.29 is 9.15 Å². The topological polar surface area (TPSA) is 51.5 Å². The fourth-order valence-corrected chi connectivity index (χ4v) is 1.34. The Labute approximate surface area is 75.5 Å². The van der Waals surface area contributed by atoms with Gasteiger partial charge in [-0.15, -0.1) is 0 Å². The van der Waals surface area contributed by atoms with E-state index in [1.165, 1.54) is 18.6 Å². The van der Waals surface area contributed by atoms with Gasteiger partial charge in [-0.05, 0) is 13.0 Å². The van der Waals surface area contributed by atoms with Gasteiger partial charge < -0.3 is 14.5 Å². The third-order valence-electron chi connectivity index (χ3n) is 2.02. The zero-order valence-electron chi connectivity index (χ0n) is 7.16. The quantitative estimate of drug-likeness (QED) is 0.716. The summed E-state index contributed by atoms with van der Waals surface area (Å²) in [5, 5.41) is 3.15. The van der Waals surface area contributed by atoms with E-state index >= 15 is 0 Å². The van der Waals surface area contributed by atoms with Crippen LogP contribution in [0.15, 0.2) is 27.8 Å². The number of hydrogen-bond acceptors (Lipinski definition) is 4. The summed E-state index contributed by atoms with van der Waals surface area (Å²) in [7, 11) is 0. The second-order valence-corrected chi connectivity index (χ2v) is 3.02. The van der Waals surface area contributed by atoms with E-state index in [1.807, 2.05) is 0 Å². The molecular formula is C9H11NO3. The molecule has 0 spiro atoms. The molecule has 1 atom stereocenters. The third-order valence-corrected chi connectivity index (χ3v) is 2.02. The molecule has 2 rings (SSSR count). The van der Waals surface area contributed by atoms with Crippen LogP contribution in [0.2, 0.25) is 0 Å². The highest BCUT2D eigenvalue weighted by Gasteiger charge is 2.16. The average Bonchev–Trinajstić information content (AvgIpc) is 2.61. The van der Waals surface area contributed by atoms with E-state index in [9.17, 15) is 4.79 Å². The van der Waals surface area contributed by atoms with Crippen LogP contribution in [0, 0.1) is 0 Å². The van der Waals surface area contributed by atoms with Crippen molar-refractivity contribution in [1.29, 1.82) is 0 Å². The van der Waals surface area contributed by atoms with Crippen molar-refractivity contribution in [3.05, 3.63) is 28.8 Å². The lowest BCUT2D eigenvalue weighted by atomic mass is 10.3. The molecule has 1 aromatic heterocycles. The van der Waals surface area contributed by atoms with Crippen LogP contribution in [0.5, 0.6) is 5.75 Å². The van der Waals surface area contributed by atoms with Gasteiger partial charge in [0.15, 0.2) is 0 Å². The van der Waals surface area contributed by atoms with Crippen molar-refractivity contribution in [1.82, 2.24) is 5.32 Å². The highest BCUT2D eigenvalue weighted by molar-refractivity contribution is 5.14. The summed E-state index contributed by atoms with van der Waals surface area (Å²) >= 11 is 0. The first-order valence-electron chi connectivity index (χ1n) is 4.30. The molecule has 13 heavy (non-hydrogen) atoms. The first kappa shape index (κ1) is 8.31. The van der Waals surface area contributed by atoms with Gasteiger partial charge in [0.1, 0.15) is 12.4 Å². The molecule has 1 aromatic rings. The number of nitrogens with one attached hydrogen (secondary N) is 1. The summed E-state index contributed by atoms with van der Waals surface area (Å²) in [5.74, 6) is 0.302. The molecule has 1 N–H and O–H groups in total. The van der Waals surface area contributed by atoms with Crippen LogP contribution in [0.3, 0.4) is 0 Å². The molecule has 70 valence electrons. The normalized spacial score (nSPS) is 21.7. The predicted molar refractivity (Wildman–Crippen MR) is 46.9 cm³/mol. The van der Waals surface area contributed by atoms with Crippen LogP contribution in [-0.2, 0) is 0 Å². The zero-order valence-corrected chi connectivity index (χ0v) is 7.16. The molecule has 0 bridgehead atoms. The SMILES string of the molecule is O=c1ccocc1OC1CCNC1. The van der Waals surface area contributed by atoms with Crippen molar-refractivity contribution in [3.63, 3.8) is 0 Å². The van der Waals surface area contributed by atoms with E-state index in [1.54, 1.807) is 0 Å². The minimum absolute atomic E-state index is 0.102. The van der Waals surface area contributed by atoms with Crippen LogP contribution >= 0.6 is 0 Å². The summed E-state index contributed by atoms with van der Waals surface area (Å²) in [6.07, 6.45) is 3.74. The smallest absolute Gasteiger partial charge is 0.226 e. The number of rotatable bonds is 2. The zero-order chi connectivity index (χ0) is 9.10. The van der Waals surface area contributed by atoms with Crippen molar-refractivity contribution in [2.45, 2.75) is 12.5 Å². The molecule has 0 saturated carbocycles. The second-order valence-electron chi connectivity index (χ2n) is 3.02. The lowest BCUT2D eigenvalue weighted by Crippen LogP contribution is -2.22. The number of hydrogen-bond donors (Lipinski definition) is 1. The predicted octanol–water partition coefficient (Wildman–Crippen LogP) is 0.381. The van der Waals surface area contributed by atoms with Gasteiger partial charge >= 0.3 is 0 Å². The Balaban J connectivity index is 2.08. The van der Waals surface area contributed by atoms with Crippen molar-refractivity contribution in [2.75, 3.05) is 13.1 Å². The molecule has 4 nitrogen and oxygen atoms in total. The van der Waals surface area contributed by atoms with Gasteiger partial charge in [0.25, 0.3) is 0 Å². The minimum atomic E-state index is -0.127. The molecule has 0 amide bonds. The molecule has 4 heteroatoms. The van der Waals surface area contributed by atoms with E-state index in [4.69, 9.17) is 9.15 Å². The summed E-state index contributed by atoms with van der Waals surface area (Å²) in [4.78, 5) is 11.2. The van der Waals surface area contributed by atoms with Gasteiger partial charge in [0.05, 0.1) is 6.26 Å². The summed E-state index contributed by atoms with van der Waals surface area (Å²) in [5.41, 5.74) is -0.127. The molecular weight excluding hydrogens is 170 g/mol. The lowest BCUT2D eigenvalue weighted by molar-refractivity contribution is 0.214.